The van der Waals surface area contributed by atoms with E-state index in [4.69, 9.17) is 4.74 Å². The predicted octanol–water partition coefficient (Wildman–Crippen LogP) is 1.14. The quantitative estimate of drug-likeness (QED) is 0.622. The minimum atomic E-state index is -0.615. The zero-order valence-electron chi connectivity index (χ0n) is 13.8. The molecule has 0 aliphatic carbocycles. The molecular weight excluding hydrogens is 336 g/mol. The minimum absolute atomic E-state index is 0.105. The summed E-state index contributed by atoms with van der Waals surface area (Å²) >= 11 is 0. The molecule has 0 saturated carbocycles. The number of esters is 1. The fourth-order valence-corrected chi connectivity index (χ4v) is 2.54. The van der Waals surface area contributed by atoms with Gasteiger partial charge in [0.25, 0.3) is 11.8 Å². The van der Waals surface area contributed by atoms with Crippen LogP contribution in [0.2, 0.25) is 0 Å². The van der Waals surface area contributed by atoms with Crippen molar-refractivity contribution in [3.63, 3.8) is 0 Å². The van der Waals surface area contributed by atoms with Gasteiger partial charge in [0.2, 0.25) is 5.91 Å². The summed E-state index contributed by atoms with van der Waals surface area (Å²) in [5, 5.41) is 2.35. The van der Waals surface area contributed by atoms with Gasteiger partial charge >= 0.3 is 5.97 Å². The van der Waals surface area contributed by atoms with E-state index in [9.17, 15) is 19.2 Å². The van der Waals surface area contributed by atoms with Crippen molar-refractivity contribution in [2.75, 3.05) is 13.1 Å². The first-order valence-electron chi connectivity index (χ1n) is 7.97. The average molecular weight is 352 g/mol. The molecule has 0 spiro atoms. The molecule has 1 aliphatic rings. The number of nitrogens with one attached hydrogen (secondary N) is 1. The maximum Gasteiger partial charge on any atom is 0.325 e. The Morgan fingerprint density at radius 1 is 0.885 bits per heavy atom. The second kappa shape index (κ2) is 7.60. The molecule has 132 valence electrons. The summed E-state index contributed by atoms with van der Waals surface area (Å²) in [6, 6.07) is 15.5. The summed E-state index contributed by atoms with van der Waals surface area (Å²) in [5.41, 5.74) is 1.37. The summed E-state index contributed by atoms with van der Waals surface area (Å²) in [6.45, 7) is -0.679. The molecule has 0 unspecified atom stereocenters. The Morgan fingerprint density at radius 2 is 1.46 bits per heavy atom. The third-order valence-electron chi connectivity index (χ3n) is 3.85. The molecule has 3 amide bonds. The SMILES string of the molecule is O=C(CN1C(=O)c2ccccc2C1=O)NCC(=O)OCc1ccccc1. The van der Waals surface area contributed by atoms with Crippen LogP contribution >= 0.6 is 0 Å². The summed E-state index contributed by atoms with van der Waals surface area (Å²) < 4.78 is 5.04. The van der Waals surface area contributed by atoms with Crippen molar-refractivity contribution in [1.82, 2.24) is 10.2 Å². The highest BCUT2D eigenvalue weighted by atomic mass is 16.5. The fourth-order valence-electron chi connectivity index (χ4n) is 2.54. The number of ether oxygens (including phenoxy) is 1. The van der Waals surface area contributed by atoms with E-state index in [-0.39, 0.29) is 24.3 Å². The molecule has 0 radical (unpaired) electrons. The first-order valence-corrected chi connectivity index (χ1v) is 7.97. The first-order chi connectivity index (χ1) is 12.6. The van der Waals surface area contributed by atoms with Crippen LogP contribution < -0.4 is 5.32 Å². The van der Waals surface area contributed by atoms with E-state index in [0.29, 0.717) is 0 Å². The number of hydrogen-bond donors (Lipinski definition) is 1. The van der Waals surface area contributed by atoms with Gasteiger partial charge in [0.15, 0.2) is 0 Å². The van der Waals surface area contributed by atoms with Crippen LogP contribution in [0.5, 0.6) is 0 Å². The molecule has 26 heavy (non-hydrogen) atoms. The molecule has 1 heterocycles. The van der Waals surface area contributed by atoms with Crippen LogP contribution in [0.4, 0.5) is 0 Å². The topological polar surface area (TPSA) is 92.8 Å². The Bertz CT molecular complexity index is 828. The average Bonchev–Trinajstić information content (AvgIpc) is 2.91. The lowest BCUT2D eigenvalue weighted by Gasteiger charge is -2.13. The highest BCUT2D eigenvalue weighted by Crippen LogP contribution is 2.21. The van der Waals surface area contributed by atoms with Gasteiger partial charge in [-0.05, 0) is 17.7 Å². The smallest absolute Gasteiger partial charge is 0.325 e. The van der Waals surface area contributed by atoms with Gasteiger partial charge in [-0.25, -0.2) is 0 Å². The molecular formula is C19H16N2O5. The predicted molar refractivity (Wildman–Crippen MR) is 91.1 cm³/mol. The van der Waals surface area contributed by atoms with E-state index in [1.807, 2.05) is 30.3 Å². The van der Waals surface area contributed by atoms with Crippen molar-refractivity contribution in [2.45, 2.75) is 6.61 Å². The molecule has 7 heteroatoms. The summed E-state index contributed by atoms with van der Waals surface area (Å²) in [6.07, 6.45) is 0. The lowest BCUT2D eigenvalue weighted by molar-refractivity contribution is -0.145. The first kappa shape index (κ1) is 17.3. The van der Waals surface area contributed by atoms with Gasteiger partial charge in [0.05, 0.1) is 11.1 Å². The number of carbonyl (C=O) groups excluding carboxylic acids is 4. The standard InChI is InChI=1S/C19H16N2O5/c22-16(20-10-17(23)26-12-13-6-2-1-3-7-13)11-21-18(24)14-8-4-5-9-15(14)19(21)25/h1-9H,10-12H2,(H,20,22). The van der Waals surface area contributed by atoms with E-state index < -0.39 is 30.2 Å². The number of carbonyl (C=O) groups is 4. The van der Waals surface area contributed by atoms with Crippen LogP contribution in [0.15, 0.2) is 54.6 Å². The van der Waals surface area contributed by atoms with Crippen molar-refractivity contribution in [1.29, 1.82) is 0 Å². The van der Waals surface area contributed by atoms with Crippen LogP contribution in [0.25, 0.3) is 0 Å². The number of rotatable bonds is 6. The third-order valence-corrected chi connectivity index (χ3v) is 3.85. The van der Waals surface area contributed by atoms with Gasteiger partial charge in [-0.3, -0.25) is 24.1 Å². The Kier molecular flexibility index (Phi) is 5.07. The third kappa shape index (κ3) is 3.77. The Hall–Kier alpha value is -3.48. The summed E-state index contributed by atoms with van der Waals surface area (Å²) in [7, 11) is 0. The van der Waals surface area contributed by atoms with Crippen molar-refractivity contribution < 1.29 is 23.9 Å². The molecule has 0 saturated heterocycles. The number of nitrogens with zero attached hydrogens (tertiary/aromatic N) is 1. The Balaban J connectivity index is 1.47. The number of hydrogen-bond acceptors (Lipinski definition) is 5. The Morgan fingerprint density at radius 3 is 2.08 bits per heavy atom. The molecule has 3 rings (SSSR count). The van der Waals surface area contributed by atoms with E-state index in [1.165, 1.54) is 12.1 Å². The highest BCUT2D eigenvalue weighted by Gasteiger charge is 2.36. The molecule has 7 nitrogen and oxygen atoms in total. The monoisotopic (exact) mass is 352 g/mol. The van der Waals surface area contributed by atoms with Crippen LogP contribution in [0.1, 0.15) is 26.3 Å². The molecule has 0 atom stereocenters. The maximum atomic E-state index is 12.2. The zero-order chi connectivity index (χ0) is 18.5. The number of fused-ring (bicyclic) bond motifs is 1. The minimum Gasteiger partial charge on any atom is -0.460 e. The van der Waals surface area contributed by atoms with E-state index in [0.717, 1.165) is 10.5 Å². The van der Waals surface area contributed by atoms with Gasteiger partial charge in [0.1, 0.15) is 19.7 Å². The largest absolute Gasteiger partial charge is 0.460 e. The molecule has 1 N–H and O–H groups in total. The highest BCUT2D eigenvalue weighted by molar-refractivity contribution is 6.22. The summed E-state index contributed by atoms with van der Waals surface area (Å²) in [4.78, 5) is 48.8. The van der Waals surface area contributed by atoms with E-state index in [2.05, 4.69) is 5.32 Å². The maximum absolute atomic E-state index is 12.2. The normalized spacial score (nSPS) is 12.7. The van der Waals surface area contributed by atoms with Gasteiger partial charge in [-0.2, -0.15) is 0 Å². The van der Waals surface area contributed by atoms with Crippen molar-refractivity contribution in [3.05, 3.63) is 71.3 Å². The molecule has 2 aromatic rings. The fraction of sp³-hybridized carbons (Fsp3) is 0.158. The Labute approximate surface area is 149 Å². The van der Waals surface area contributed by atoms with Crippen molar-refractivity contribution >= 4 is 23.7 Å². The molecule has 0 bridgehead atoms. The molecule has 0 aromatic heterocycles. The van der Waals surface area contributed by atoms with Gasteiger partial charge < -0.3 is 10.1 Å². The van der Waals surface area contributed by atoms with Crippen molar-refractivity contribution in [3.8, 4) is 0 Å². The zero-order valence-corrected chi connectivity index (χ0v) is 13.8. The van der Waals surface area contributed by atoms with Gasteiger partial charge in [-0.15, -0.1) is 0 Å². The van der Waals surface area contributed by atoms with Gasteiger partial charge in [-0.1, -0.05) is 42.5 Å². The second-order valence-corrected chi connectivity index (χ2v) is 5.67. The van der Waals surface area contributed by atoms with Crippen LogP contribution in [0.3, 0.4) is 0 Å². The molecule has 2 aromatic carbocycles. The van der Waals surface area contributed by atoms with Crippen LogP contribution in [0, 0.1) is 0 Å². The second-order valence-electron chi connectivity index (χ2n) is 5.67. The van der Waals surface area contributed by atoms with Crippen LogP contribution in [-0.2, 0) is 20.9 Å². The number of benzene rings is 2. The van der Waals surface area contributed by atoms with Crippen molar-refractivity contribution in [2.24, 2.45) is 0 Å². The summed E-state index contributed by atoms with van der Waals surface area (Å²) in [5.74, 6) is -2.26. The number of imide groups is 1. The van der Waals surface area contributed by atoms with E-state index in [1.54, 1.807) is 12.1 Å². The lowest BCUT2D eigenvalue weighted by Crippen LogP contribution is -2.42. The molecule has 0 fully saturated rings. The van der Waals surface area contributed by atoms with Gasteiger partial charge in [0, 0.05) is 0 Å². The lowest BCUT2D eigenvalue weighted by atomic mass is 10.1. The molecule has 1 aliphatic heterocycles. The van der Waals surface area contributed by atoms with E-state index >= 15 is 0 Å². The van der Waals surface area contributed by atoms with Crippen LogP contribution in [-0.4, -0.2) is 41.7 Å². The number of amides is 3.